The number of anilines is 1. The Labute approximate surface area is 84.9 Å². The van der Waals surface area contributed by atoms with Crippen LogP contribution in [-0.2, 0) is 4.79 Å². The number of carbonyl (C=O) groups is 1. The molecule has 3 nitrogen and oxygen atoms in total. The van der Waals surface area contributed by atoms with E-state index in [2.05, 4.69) is 0 Å². The third kappa shape index (κ3) is 1.29. The molecule has 0 saturated carbocycles. The second kappa shape index (κ2) is 3.08. The van der Waals surface area contributed by atoms with Gasteiger partial charge in [-0.1, -0.05) is 11.0 Å². The number of nitrogens with zero attached hydrogens (tertiary/aromatic N) is 1. The summed E-state index contributed by atoms with van der Waals surface area (Å²) in [6.45, 7) is 1.81. The van der Waals surface area contributed by atoms with Crippen LogP contribution >= 0.6 is 0 Å². The van der Waals surface area contributed by atoms with Gasteiger partial charge in [-0.05, 0) is 19.1 Å². The highest BCUT2D eigenvalue weighted by Crippen LogP contribution is 2.30. The lowest BCUT2D eigenvalue weighted by atomic mass is 9.90. The number of ether oxygens (including phenoxy) is 1. The lowest BCUT2D eigenvalue weighted by Crippen LogP contribution is -2.37. The molecule has 1 heterocycles. The molecule has 5 heteroatoms. The van der Waals surface area contributed by atoms with Crippen molar-refractivity contribution in [3.63, 3.8) is 0 Å². The summed E-state index contributed by atoms with van der Waals surface area (Å²) >= 11 is 0. The molecule has 1 aliphatic rings. The zero-order valence-electron chi connectivity index (χ0n) is 7.78. The van der Waals surface area contributed by atoms with Gasteiger partial charge in [-0.2, -0.15) is 0 Å². The summed E-state index contributed by atoms with van der Waals surface area (Å²) in [6, 6.07) is 3.42. The van der Waals surface area contributed by atoms with Crippen molar-refractivity contribution in [1.82, 2.24) is 0 Å². The van der Waals surface area contributed by atoms with E-state index < -0.39 is 0 Å². The lowest BCUT2D eigenvalue weighted by molar-refractivity contribution is -0.120. The fraction of sp³-hybridized carbons (Fsp3) is 0.222. The topological polar surface area (TPSA) is 29.5 Å². The average Bonchev–Trinajstić information content (AvgIpc) is 2.15. The van der Waals surface area contributed by atoms with E-state index in [1.807, 2.05) is 6.92 Å². The third-order valence-electron chi connectivity index (χ3n) is 2.23. The molecule has 0 spiro atoms. The second-order valence-electron chi connectivity index (χ2n) is 3.23. The van der Waals surface area contributed by atoms with Gasteiger partial charge in [0.05, 0.1) is 5.69 Å². The molecular formula is C9H7B2NO2. The van der Waals surface area contributed by atoms with Crippen molar-refractivity contribution in [2.75, 3.05) is 11.4 Å². The normalized spacial score (nSPS) is 14.9. The largest absolute Gasteiger partial charge is 0.482 e. The third-order valence-corrected chi connectivity index (χ3v) is 2.23. The van der Waals surface area contributed by atoms with Crippen LogP contribution in [0.1, 0.15) is 5.56 Å². The average molecular weight is 183 g/mol. The van der Waals surface area contributed by atoms with Crippen LogP contribution in [0.25, 0.3) is 0 Å². The van der Waals surface area contributed by atoms with Crippen molar-refractivity contribution in [1.29, 1.82) is 0 Å². The van der Waals surface area contributed by atoms with E-state index in [1.165, 1.54) is 0 Å². The molecule has 1 amide bonds. The minimum absolute atomic E-state index is 0.0357. The van der Waals surface area contributed by atoms with E-state index in [0.29, 0.717) is 16.9 Å². The Hall–Kier alpha value is -1.38. The van der Waals surface area contributed by atoms with E-state index in [-0.39, 0.29) is 12.5 Å². The Morgan fingerprint density at radius 3 is 2.93 bits per heavy atom. The Morgan fingerprint density at radius 2 is 2.21 bits per heavy atom. The van der Waals surface area contributed by atoms with E-state index in [0.717, 1.165) is 10.4 Å². The van der Waals surface area contributed by atoms with Crippen LogP contribution in [0.15, 0.2) is 12.1 Å². The van der Waals surface area contributed by atoms with E-state index >= 15 is 0 Å². The van der Waals surface area contributed by atoms with Crippen LogP contribution in [0.4, 0.5) is 5.69 Å². The number of carbonyl (C=O) groups excluding carboxylic acids is 1. The van der Waals surface area contributed by atoms with E-state index in [1.54, 1.807) is 12.1 Å². The number of benzene rings is 1. The zero-order chi connectivity index (χ0) is 10.3. The predicted molar refractivity (Wildman–Crippen MR) is 55.3 cm³/mol. The van der Waals surface area contributed by atoms with Crippen molar-refractivity contribution in [3.8, 4) is 5.75 Å². The predicted octanol–water partition coefficient (Wildman–Crippen LogP) is -0.402. The fourth-order valence-electron chi connectivity index (χ4n) is 1.34. The second-order valence-corrected chi connectivity index (χ2v) is 3.23. The Bertz CT molecular complexity index is 406. The minimum Gasteiger partial charge on any atom is -0.482 e. The van der Waals surface area contributed by atoms with Gasteiger partial charge >= 0.3 is 0 Å². The Balaban J connectivity index is 2.55. The maximum atomic E-state index is 11.2. The molecule has 0 N–H and O–H groups in total. The summed E-state index contributed by atoms with van der Waals surface area (Å²) in [5, 5.41) is 0. The molecule has 1 aliphatic heterocycles. The number of fused-ring (bicyclic) bond motifs is 1. The van der Waals surface area contributed by atoms with Crippen LogP contribution in [0, 0.1) is 6.92 Å². The Morgan fingerprint density at radius 1 is 1.50 bits per heavy atom. The van der Waals surface area contributed by atoms with Crippen LogP contribution in [0.2, 0.25) is 0 Å². The molecule has 0 aliphatic carbocycles. The smallest absolute Gasteiger partial charge is 0.251 e. The van der Waals surface area contributed by atoms with Crippen molar-refractivity contribution >= 4 is 32.9 Å². The van der Waals surface area contributed by atoms with Crippen LogP contribution in [-0.4, -0.2) is 28.3 Å². The summed E-state index contributed by atoms with van der Waals surface area (Å²) in [6.07, 6.45) is 0. The number of hydrogen-bond donors (Lipinski definition) is 0. The minimum atomic E-state index is -0.262. The molecule has 0 unspecified atom stereocenters. The van der Waals surface area contributed by atoms with E-state index in [4.69, 9.17) is 20.6 Å². The van der Waals surface area contributed by atoms with Gasteiger partial charge in [0, 0.05) is 0 Å². The maximum absolute atomic E-state index is 11.2. The highest BCUT2D eigenvalue weighted by Gasteiger charge is 2.21. The highest BCUT2D eigenvalue weighted by molar-refractivity contribution is 6.35. The summed E-state index contributed by atoms with van der Waals surface area (Å²) in [4.78, 5) is 12.3. The maximum Gasteiger partial charge on any atom is 0.251 e. The van der Waals surface area contributed by atoms with Gasteiger partial charge in [0.2, 0.25) is 7.98 Å². The highest BCUT2D eigenvalue weighted by atomic mass is 16.5. The number of hydrogen-bond acceptors (Lipinski definition) is 2. The molecule has 0 fully saturated rings. The van der Waals surface area contributed by atoms with Crippen molar-refractivity contribution in [3.05, 3.63) is 17.7 Å². The van der Waals surface area contributed by atoms with Crippen LogP contribution < -0.4 is 15.0 Å². The molecule has 2 rings (SSSR count). The molecule has 14 heavy (non-hydrogen) atoms. The monoisotopic (exact) mass is 183 g/mol. The molecule has 0 bridgehead atoms. The van der Waals surface area contributed by atoms with Gasteiger partial charge in [0.25, 0.3) is 5.91 Å². The summed E-state index contributed by atoms with van der Waals surface area (Å²) in [5.74, 6) is 0.289. The zero-order valence-corrected chi connectivity index (χ0v) is 7.78. The van der Waals surface area contributed by atoms with Crippen molar-refractivity contribution < 1.29 is 9.53 Å². The fourth-order valence-corrected chi connectivity index (χ4v) is 1.34. The standard InChI is InChI=1S/C9H7B2NO2/c1-5-2-7-8(3-6(5)10)14-4-9(13)12(7)11/h2-3H,4H2,1H3. The molecule has 0 atom stereocenters. The quantitative estimate of drug-likeness (QED) is 0.512. The molecule has 1 aromatic carbocycles. The molecule has 0 saturated heterocycles. The molecule has 1 aromatic rings. The van der Waals surface area contributed by atoms with Crippen LogP contribution in [0.5, 0.6) is 5.75 Å². The molecular weight excluding hydrogens is 176 g/mol. The van der Waals surface area contributed by atoms with Gasteiger partial charge < -0.3 is 9.55 Å². The number of rotatable bonds is 0. The first-order valence-electron chi connectivity index (χ1n) is 4.20. The van der Waals surface area contributed by atoms with Crippen LogP contribution in [0.3, 0.4) is 0 Å². The van der Waals surface area contributed by atoms with Gasteiger partial charge in [0.1, 0.15) is 13.6 Å². The van der Waals surface area contributed by atoms with Gasteiger partial charge in [0.15, 0.2) is 6.61 Å². The van der Waals surface area contributed by atoms with Crippen molar-refractivity contribution in [2.24, 2.45) is 0 Å². The molecule has 4 radical (unpaired) electrons. The summed E-state index contributed by atoms with van der Waals surface area (Å²) in [7, 11) is 11.3. The SMILES string of the molecule is [B]c1cc2c(cc1C)N([B])C(=O)CO2. The number of aryl methyl sites for hydroxylation is 1. The first kappa shape index (κ1) is 9.19. The van der Waals surface area contributed by atoms with Crippen molar-refractivity contribution in [2.45, 2.75) is 6.92 Å². The van der Waals surface area contributed by atoms with Gasteiger partial charge in [-0.3, -0.25) is 4.79 Å². The van der Waals surface area contributed by atoms with Gasteiger partial charge in [-0.25, -0.2) is 0 Å². The molecule has 66 valence electrons. The number of amides is 1. The first-order chi connectivity index (χ1) is 6.59. The first-order valence-corrected chi connectivity index (χ1v) is 4.20. The van der Waals surface area contributed by atoms with E-state index in [9.17, 15) is 4.79 Å². The molecule has 0 aromatic heterocycles. The summed E-state index contributed by atoms with van der Waals surface area (Å²) in [5.41, 5.74) is 2.07. The van der Waals surface area contributed by atoms with Gasteiger partial charge in [-0.15, -0.1) is 0 Å². The Kier molecular flexibility index (Phi) is 2.02. The summed E-state index contributed by atoms with van der Waals surface area (Å²) < 4.78 is 5.19. The lowest BCUT2D eigenvalue weighted by Gasteiger charge is -2.27.